The number of fused-ring (bicyclic) bond motifs is 1. The highest BCUT2D eigenvalue weighted by Crippen LogP contribution is 2.29. The number of Topliss-reactive ketones (excluding diaryl/α,β-unsaturated/α-hetero) is 4. The number of pyridine rings is 1. The van der Waals surface area contributed by atoms with Crippen molar-refractivity contribution < 1.29 is 63.0 Å². The molecule has 2 heterocycles. The van der Waals surface area contributed by atoms with E-state index in [1.807, 2.05) is 84.0 Å². The first kappa shape index (κ1) is 93.4. The minimum atomic E-state index is -1.63. The molecule has 616 valence electrons. The number of guanidine groups is 2. The van der Waals surface area contributed by atoms with Gasteiger partial charge in [0.05, 0.1) is 12.6 Å². The van der Waals surface area contributed by atoms with E-state index in [9.17, 15) is 43.8 Å². The molecule has 0 bridgehead atoms. The molecule has 0 spiro atoms. The maximum absolute atomic E-state index is 15.4. The Kier molecular flexibility index (Phi) is 40.8. The number of likely N-dealkylation sites (tertiary alicyclic amines) is 1. The Labute approximate surface area is 669 Å². The third-order valence-corrected chi connectivity index (χ3v) is 20.0. The summed E-state index contributed by atoms with van der Waals surface area (Å²) in [7, 11) is 0. The Morgan fingerprint density at radius 3 is 1.66 bits per heavy atom. The standard InChI is InChI=1S/C84H117ClN14O13.H3N/c1-9-88-83(89-10-2)92-38-17-15-24-62(73(103)49-64(41-53(5)6)78(108)96-68(25-16-18-39-93-84(90-11-3)91-12-4)82(112)99-40-20-26-72(99)81(111)94-54(7)77(86)107)47-74(104)63(42-56-30-35-67(102)36-31-56)48-76(106)71(52-100)98-79(109)65(44-59-21-19-37-87-51-59)50-75(105)69(45-57-28-33-66(85)34-29-57)97-80(110)70(95-55(8)101)46-58-27-32-60-22-13-14-23-61(60)43-58;/h13-14,19,21-23,27-37,43,51,53-54,62-65,68-72,100,102H,9-12,15-18,20,24-26,38-42,44-50,52H2,1-8H3,(H2,86,107)(H,94,111)(H,95,101)(H,96,108)(H,97,110)(H,98,109)(H2,88,89,92)(H2,90,91,93);1H3/t54-,62+,63+,64-,65+,68+,69-,70-,71+,72?;/m1./s1. The summed E-state index contributed by atoms with van der Waals surface area (Å²) in [4.78, 5) is 174. The Hall–Kier alpha value is -10.2. The average molecular weight is 1580 g/mol. The van der Waals surface area contributed by atoms with Gasteiger partial charge in [0.25, 0.3) is 0 Å². The number of aromatic hydroxyl groups is 1. The minimum Gasteiger partial charge on any atom is -0.508 e. The predicted octanol–water partition coefficient (Wildman–Crippen LogP) is 6.80. The van der Waals surface area contributed by atoms with Gasteiger partial charge in [0.1, 0.15) is 47.5 Å². The maximum atomic E-state index is 15.4. The normalized spacial score (nSPS) is 14.8. The molecule has 1 aromatic heterocycles. The number of benzene rings is 4. The summed E-state index contributed by atoms with van der Waals surface area (Å²) in [5.74, 6) is -10.0. The number of carbonyl (C=O) groups excluding carboxylic acids is 11. The summed E-state index contributed by atoms with van der Waals surface area (Å²) in [5, 5.41) is 50.5. The van der Waals surface area contributed by atoms with Crippen LogP contribution in [0.4, 0.5) is 0 Å². The van der Waals surface area contributed by atoms with Gasteiger partial charge < -0.3 is 74.8 Å². The molecule has 7 amide bonds. The van der Waals surface area contributed by atoms with Crippen LogP contribution < -0.4 is 59.7 Å². The van der Waals surface area contributed by atoms with Crippen LogP contribution in [0, 0.1) is 29.6 Å². The van der Waals surface area contributed by atoms with Crippen LogP contribution in [0.2, 0.25) is 5.02 Å². The third kappa shape index (κ3) is 32.1. The van der Waals surface area contributed by atoms with Crippen LogP contribution in [0.3, 0.4) is 0 Å². The Morgan fingerprint density at radius 2 is 1.07 bits per heavy atom. The number of unbranched alkanes of at least 4 members (excludes halogenated alkanes) is 2. The molecule has 0 aliphatic carbocycles. The second kappa shape index (κ2) is 49.3. The fraction of sp³-hybridized carbons (Fsp3) is 0.524. The molecule has 28 nitrogen and oxygen atoms in total. The number of primary amides is 1. The number of nitrogens with zero attached hydrogens (tertiary/aromatic N) is 4. The van der Waals surface area contributed by atoms with Gasteiger partial charge in [0.15, 0.2) is 23.5 Å². The first-order valence-electron chi connectivity index (χ1n) is 39.5. The number of aliphatic hydroxyl groups is 1. The largest absolute Gasteiger partial charge is 0.508 e. The molecule has 5 aromatic rings. The van der Waals surface area contributed by atoms with E-state index >= 15 is 19.2 Å². The van der Waals surface area contributed by atoms with Crippen LogP contribution >= 0.6 is 11.6 Å². The number of phenolic OH excluding ortho intramolecular Hbond substituents is 1. The highest BCUT2D eigenvalue weighted by atomic mass is 35.5. The molecular weight excluding hydrogens is 1460 g/mol. The van der Waals surface area contributed by atoms with E-state index in [2.05, 4.69) is 57.8 Å². The number of ketones is 4. The van der Waals surface area contributed by atoms with Crippen LogP contribution in [-0.2, 0) is 78.4 Å². The summed E-state index contributed by atoms with van der Waals surface area (Å²) in [6, 6.07) is 22.3. The number of nitrogens with two attached hydrogens (primary N) is 1. The first-order chi connectivity index (χ1) is 53.7. The van der Waals surface area contributed by atoms with Crippen molar-refractivity contribution >= 4 is 98.8 Å². The van der Waals surface area contributed by atoms with Gasteiger partial charge in [-0.2, -0.15) is 0 Å². The van der Waals surface area contributed by atoms with Crippen molar-refractivity contribution in [2.45, 2.75) is 201 Å². The number of nitrogens with one attached hydrogen (secondary N) is 9. The average Bonchev–Trinajstić information content (AvgIpc) is 1.72. The number of rotatable bonds is 48. The van der Waals surface area contributed by atoms with Crippen molar-refractivity contribution in [3.8, 4) is 5.75 Å². The maximum Gasteiger partial charge on any atom is 0.245 e. The van der Waals surface area contributed by atoms with E-state index in [1.165, 1.54) is 43.3 Å². The third-order valence-electron chi connectivity index (χ3n) is 19.7. The molecule has 6 rings (SSSR count). The van der Waals surface area contributed by atoms with Crippen LogP contribution in [0.5, 0.6) is 5.75 Å². The predicted molar refractivity (Wildman–Crippen MR) is 439 cm³/mol. The van der Waals surface area contributed by atoms with E-state index in [0.29, 0.717) is 111 Å². The van der Waals surface area contributed by atoms with E-state index < -0.39 is 144 Å². The molecule has 10 atom stereocenters. The zero-order chi connectivity index (χ0) is 81.7. The van der Waals surface area contributed by atoms with Gasteiger partial charge in [0.2, 0.25) is 41.4 Å². The lowest BCUT2D eigenvalue weighted by atomic mass is 9.80. The molecule has 1 aliphatic rings. The zero-order valence-corrected chi connectivity index (χ0v) is 67.6. The Balaban J connectivity index is 0.0000228. The van der Waals surface area contributed by atoms with Gasteiger partial charge in [-0.1, -0.05) is 105 Å². The number of halogens is 1. The highest BCUT2D eigenvalue weighted by molar-refractivity contribution is 6.30. The van der Waals surface area contributed by atoms with Crippen molar-refractivity contribution in [3.63, 3.8) is 0 Å². The van der Waals surface area contributed by atoms with E-state index in [-0.39, 0.29) is 82.2 Å². The van der Waals surface area contributed by atoms with Gasteiger partial charge in [-0.05, 0) is 175 Å². The molecule has 1 saturated heterocycles. The molecule has 1 unspecified atom stereocenters. The summed E-state index contributed by atoms with van der Waals surface area (Å²) >= 11 is 6.29. The molecule has 0 radical (unpaired) electrons. The molecule has 0 saturated carbocycles. The molecule has 29 heteroatoms. The lowest BCUT2D eigenvalue weighted by Gasteiger charge is -2.30. The number of phenols is 1. The van der Waals surface area contributed by atoms with Gasteiger partial charge in [-0.25, -0.2) is 0 Å². The van der Waals surface area contributed by atoms with E-state index in [0.717, 1.165) is 16.3 Å². The van der Waals surface area contributed by atoms with Crippen LogP contribution in [0.15, 0.2) is 126 Å². The molecule has 4 aromatic carbocycles. The van der Waals surface area contributed by atoms with Crippen molar-refractivity contribution in [2.75, 3.05) is 52.4 Å². The van der Waals surface area contributed by atoms with Crippen molar-refractivity contribution in [3.05, 3.63) is 143 Å². The monoisotopic (exact) mass is 1580 g/mol. The molecule has 1 aliphatic heterocycles. The molecule has 1 fully saturated rings. The number of aliphatic hydroxyl groups excluding tert-OH is 1. The van der Waals surface area contributed by atoms with E-state index in [4.69, 9.17) is 22.3 Å². The Bertz CT molecular complexity index is 3960. The van der Waals surface area contributed by atoms with Gasteiger partial charge >= 0.3 is 0 Å². The van der Waals surface area contributed by atoms with Crippen LogP contribution in [-0.4, -0.2) is 185 Å². The molecule has 16 N–H and O–H groups in total. The number of hydrogen-bond acceptors (Lipinski definition) is 17. The fourth-order valence-electron chi connectivity index (χ4n) is 13.8. The van der Waals surface area contributed by atoms with Gasteiger partial charge in [0, 0.05) is 126 Å². The number of hydrogen-bond donors (Lipinski definition) is 13. The molecule has 113 heavy (non-hydrogen) atoms. The second-order valence-corrected chi connectivity index (χ2v) is 29.7. The highest BCUT2D eigenvalue weighted by Gasteiger charge is 2.41. The number of aromatic nitrogens is 1. The smallest absolute Gasteiger partial charge is 0.245 e. The number of amides is 7. The lowest BCUT2D eigenvalue weighted by Crippen LogP contribution is -2.56. The molecular formula is C84H120ClN15O13. The first-order valence-corrected chi connectivity index (χ1v) is 39.8. The quantitative estimate of drug-likeness (QED) is 0.0108. The van der Waals surface area contributed by atoms with Gasteiger partial charge in [-0.3, -0.25) is 67.7 Å². The topological polar surface area (TPSA) is 438 Å². The summed E-state index contributed by atoms with van der Waals surface area (Å²) in [5.41, 5.74) is 7.93. The Morgan fingerprint density at radius 1 is 0.549 bits per heavy atom. The minimum absolute atomic E-state index is 0. The zero-order valence-electron chi connectivity index (χ0n) is 66.8. The van der Waals surface area contributed by atoms with Crippen molar-refractivity contribution in [2.24, 2.45) is 45.3 Å². The van der Waals surface area contributed by atoms with Crippen molar-refractivity contribution in [1.82, 2.24) is 63.9 Å². The fourth-order valence-corrected chi connectivity index (χ4v) is 14.0. The van der Waals surface area contributed by atoms with Crippen molar-refractivity contribution in [1.29, 1.82) is 0 Å². The second-order valence-electron chi connectivity index (χ2n) is 29.3. The number of aliphatic imine (C=N–C) groups is 2. The SMILES string of the molecule is CCNC(=NCCCC[C@@H](CC(=O)[C@H](CC(=O)[C@H](CO)NC(=O)[C@H](CC(=O)[C@@H](Cc1ccc(Cl)cc1)NC(=O)[C@@H](Cc1ccc2ccccc2c1)NC(C)=O)Cc1cccnc1)Cc1ccc(O)cc1)C(=O)C[C@@H](CC(C)C)C(=O)N[C@@H](CCCCN=C(NCC)NCC)C(=O)N1CCCC1C(=O)N[C@H](C)C(N)=O)NCC.N. The van der Waals surface area contributed by atoms with Gasteiger partial charge in [-0.15, -0.1) is 0 Å². The number of carbonyl (C=O) groups is 11. The van der Waals surface area contributed by atoms with Crippen LogP contribution in [0.25, 0.3) is 10.8 Å². The van der Waals surface area contributed by atoms with E-state index in [1.54, 1.807) is 48.5 Å². The summed E-state index contributed by atoms with van der Waals surface area (Å²) in [6.45, 7) is 16.9. The summed E-state index contributed by atoms with van der Waals surface area (Å²) in [6.07, 6.45) is 4.32. The van der Waals surface area contributed by atoms with Crippen LogP contribution in [0.1, 0.15) is 161 Å². The lowest BCUT2D eigenvalue weighted by molar-refractivity contribution is -0.143. The summed E-state index contributed by atoms with van der Waals surface area (Å²) < 4.78 is 0.